The second-order valence-electron chi connectivity index (χ2n) is 10.6. The largest absolute Gasteiger partial charge is 0.481 e. The van der Waals surface area contributed by atoms with Gasteiger partial charge in [-0.05, 0) is 24.3 Å². The van der Waals surface area contributed by atoms with E-state index in [1.807, 2.05) is 14.7 Å². The van der Waals surface area contributed by atoms with Crippen LogP contribution in [0.1, 0.15) is 13.3 Å². The molecule has 4 N–H and O–H groups in total. The Bertz CT molecular complexity index is 1170. The van der Waals surface area contributed by atoms with E-state index < -0.39 is 42.2 Å². The van der Waals surface area contributed by atoms with Crippen molar-refractivity contribution < 1.29 is 48.1 Å². The second-order valence-corrected chi connectivity index (χ2v) is 10.6. The standard InChI is InChI=1S/C29H45N7O10/c1-21(37)36(23-7-5-22(6-8-23)31-29(43)24(30)17-25(38)39)35-15-13-33(19-27(41)45-3)11-9-32(18-26(40)44-2)10-12-34(14-16-35)20-28(42)46-4/h5-8,24H,9-20,30H2,1-4H3,(H,31,43)(H,38,39)/t24-/m0/s1. The number of amides is 2. The zero-order valence-corrected chi connectivity index (χ0v) is 26.8. The summed E-state index contributed by atoms with van der Waals surface area (Å²) in [6.45, 7) is 4.31. The molecule has 0 radical (unpaired) electrons. The minimum absolute atomic E-state index is 0.0106. The molecule has 2 amide bonds. The summed E-state index contributed by atoms with van der Waals surface area (Å²) in [4.78, 5) is 78.4. The first-order valence-electron chi connectivity index (χ1n) is 14.7. The predicted molar refractivity (Wildman–Crippen MR) is 165 cm³/mol. The number of benzene rings is 1. The van der Waals surface area contributed by atoms with E-state index in [4.69, 9.17) is 25.1 Å². The monoisotopic (exact) mass is 651 g/mol. The molecule has 1 atom stereocenters. The van der Waals surface area contributed by atoms with Crippen LogP contribution in [-0.4, -0.2) is 160 Å². The van der Waals surface area contributed by atoms with E-state index in [0.29, 0.717) is 63.7 Å². The molecule has 0 aliphatic carbocycles. The van der Waals surface area contributed by atoms with Gasteiger partial charge in [-0.2, -0.15) is 0 Å². The Hall–Kier alpha value is -4.16. The van der Waals surface area contributed by atoms with Gasteiger partial charge in [0.2, 0.25) is 11.8 Å². The van der Waals surface area contributed by atoms with Crippen LogP contribution in [0.25, 0.3) is 0 Å². The summed E-state index contributed by atoms with van der Waals surface area (Å²) in [7, 11) is 3.91. The van der Waals surface area contributed by atoms with Crippen molar-refractivity contribution in [3.63, 3.8) is 0 Å². The Morgan fingerprint density at radius 3 is 1.50 bits per heavy atom. The number of methoxy groups -OCH3 is 3. The summed E-state index contributed by atoms with van der Waals surface area (Å²) in [6.07, 6.45) is -0.527. The molecule has 0 unspecified atom stereocenters. The van der Waals surface area contributed by atoms with Gasteiger partial charge in [-0.25, -0.2) is 10.0 Å². The van der Waals surface area contributed by atoms with Crippen LogP contribution < -0.4 is 16.1 Å². The smallest absolute Gasteiger partial charge is 0.319 e. The van der Waals surface area contributed by atoms with Gasteiger partial charge in [-0.1, -0.05) is 0 Å². The van der Waals surface area contributed by atoms with Gasteiger partial charge >= 0.3 is 23.9 Å². The fraction of sp³-hybridized carbons (Fsp3) is 0.586. The lowest BCUT2D eigenvalue weighted by Crippen LogP contribution is -2.54. The number of nitrogens with two attached hydrogens (primary N) is 1. The zero-order valence-electron chi connectivity index (χ0n) is 26.8. The number of hydrazine groups is 1. The number of carbonyl (C=O) groups is 6. The predicted octanol–water partition coefficient (Wildman–Crippen LogP) is -1.56. The molecule has 256 valence electrons. The third-order valence-electron chi connectivity index (χ3n) is 7.25. The van der Waals surface area contributed by atoms with Crippen molar-refractivity contribution in [1.29, 1.82) is 0 Å². The maximum Gasteiger partial charge on any atom is 0.319 e. The third-order valence-corrected chi connectivity index (χ3v) is 7.25. The van der Waals surface area contributed by atoms with Crippen molar-refractivity contribution in [1.82, 2.24) is 19.7 Å². The average Bonchev–Trinajstić information content (AvgIpc) is 3.01. The number of carboxylic acid groups (broad SMARTS) is 1. The summed E-state index contributed by atoms with van der Waals surface area (Å²) in [5, 5.41) is 14.7. The highest BCUT2D eigenvalue weighted by molar-refractivity contribution is 5.97. The quantitative estimate of drug-likeness (QED) is 0.173. The SMILES string of the molecule is COC(=O)CN1CCN(CC(=O)OC)CCN(N(C(C)=O)c2ccc(NC(=O)[C@@H](N)CC(=O)O)cc2)CCN(CC(=O)OC)CC1. The molecule has 17 heteroatoms. The molecule has 1 aliphatic rings. The number of rotatable bonds is 12. The van der Waals surface area contributed by atoms with Crippen molar-refractivity contribution in [2.75, 3.05) is 104 Å². The van der Waals surface area contributed by atoms with Gasteiger partial charge in [0, 0.05) is 65.0 Å². The normalized spacial score (nSPS) is 16.6. The molecule has 1 saturated heterocycles. The van der Waals surface area contributed by atoms with Gasteiger partial charge in [-0.15, -0.1) is 0 Å². The first-order valence-corrected chi connectivity index (χ1v) is 14.7. The minimum Gasteiger partial charge on any atom is -0.481 e. The summed E-state index contributed by atoms with van der Waals surface area (Å²) >= 11 is 0. The van der Waals surface area contributed by atoms with E-state index in [0.717, 1.165) is 0 Å². The number of ether oxygens (including phenoxy) is 3. The van der Waals surface area contributed by atoms with E-state index in [-0.39, 0.29) is 25.5 Å². The molecule has 2 rings (SSSR count). The fourth-order valence-corrected chi connectivity index (χ4v) is 4.69. The molecule has 46 heavy (non-hydrogen) atoms. The van der Waals surface area contributed by atoms with Crippen LogP contribution in [0.3, 0.4) is 0 Å². The van der Waals surface area contributed by atoms with Crippen molar-refractivity contribution in [2.24, 2.45) is 5.73 Å². The van der Waals surface area contributed by atoms with Crippen LogP contribution in [0.15, 0.2) is 24.3 Å². The Labute approximate surface area is 268 Å². The van der Waals surface area contributed by atoms with Gasteiger partial charge in [-0.3, -0.25) is 43.5 Å². The molecule has 1 aliphatic heterocycles. The molecule has 17 nitrogen and oxygen atoms in total. The highest BCUT2D eigenvalue weighted by Crippen LogP contribution is 2.21. The number of anilines is 2. The Kier molecular flexibility index (Phi) is 16.0. The summed E-state index contributed by atoms with van der Waals surface area (Å²) in [5.41, 5.74) is 6.49. The van der Waals surface area contributed by atoms with Gasteiger partial charge in [0.1, 0.15) is 0 Å². The van der Waals surface area contributed by atoms with Crippen molar-refractivity contribution in [2.45, 2.75) is 19.4 Å². The van der Waals surface area contributed by atoms with Gasteiger partial charge in [0.15, 0.2) is 0 Å². The molecular weight excluding hydrogens is 606 g/mol. The van der Waals surface area contributed by atoms with E-state index in [2.05, 4.69) is 5.32 Å². The van der Waals surface area contributed by atoms with E-state index >= 15 is 0 Å². The molecule has 1 aromatic rings. The van der Waals surface area contributed by atoms with Gasteiger partial charge in [0.25, 0.3) is 0 Å². The van der Waals surface area contributed by atoms with E-state index in [1.54, 1.807) is 29.3 Å². The lowest BCUT2D eigenvalue weighted by atomic mass is 10.2. The highest BCUT2D eigenvalue weighted by Gasteiger charge is 2.26. The van der Waals surface area contributed by atoms with Crippen LogP contribution in [0.2, 0.25) is 0 Å². The number of carboxylic acids is 1. The molecule has 0 aromatic heterocycles. The van der Waals surface area contributed by atoms with Crippen LogP contribution >= 0.6 is 0 Å². The number of nitrogens with zero attached hydrogens (tertiary/aromatic N) is 5. The average molecular weight is 652 g/mol. The minimum atomic E-state index is -1.23. The maximum absolute atomic E-state index is 13.1. The zero-order chi connectivity index (χ0) is 34.2. The van der Waals surface area contributed by atoms with Crippen molar-refractivity contribution in [3.8, 4) is 0 Å². The number of hydrogen-bond donors (Lipinski definition) is 3. The van der Waals surface area contributed by atoms with E-state index in [1.165, 1.54) is 33.3 Å². The number of carbonyl (C=O) groups excluding carboxylic acids is 5. The highest BCUT2D eigenvalue weighted by atomic mass is 16.5. The third kappa shape index (κ3) is 13.1. The lowest BCUT2D eigenvalue weighted by Gasteiger charge is -2.38. The number of hydrogen-bond acceptors (Lipinski definition) is 14. The van der Waals surface area contributed by atoms with Crippen LogP contribution in [0, 0.1) is 0 Å². The number of aliphatic carboxylic acids is 1. The van der Waals surface area contributed by atoms with E-state index in [9.17, 15) is 28.8 Å². The second kappa shape index (κ2) is 19.4. The first kappa shape index (κ1) is 38.0. The topological polar surface area (TPSA) is 205 Å². The first-order chi connectivity index (χ1) is 21.9. The Morgan fingerprint density at radius 1 is 0.761 bits per heavy atom. The molecule has 0 spiro atoms. The maximum atomic E-state index is 13.1. The Balaban J connectivity index is 2.36. The van der Waals surface area contributed by atoms with Crippen LogP contribution in [0.5, 0.6) is 0 Å². The van der Waals surface area contributed by atoms with Gasteiger partial charge < -0.3 is 30.4 Å². The summed E-state index contributed by atoms with van der Waals surface area (Å²) in [5.74, 6) is -3.46. The fourth-order valence-electron chi connectivity index (χ4n) is 4.69. The molecule has 1 heterocycles. The van der Waals surface area contributed by atoms with Crippen LogP contribution in [-0.2, 0) is 43.0 Å². The van der Waals surface area contributed by atoms with Crippen LogP contribution in [0.4, 0.5) is 11.4 Å². The summed E-state index contributed by atoms with van der Waals surface area (Å²) < 4.78 is 14.6. The molecule has 0 bridgehead atoms. The Morgan fingerprint density at radius 2 is 1.15 bits per heavy atom. The molecule has 0 saturated carbocycles. The van der Waals surface area contributed by atoms with Crippen molar-refractivity contribution in [3.05, 3.63) is 24.3 Å². The van der Waals surface area contributed by atoms with Crippen molar-refractivity contribution >= 4 is 47.1 Å². The molecular formula is C29H45N7O10. The number of esters is 3. The summed E-state index contributed by atoms with van der Waals surface area (Å²) in [6, 6.07) is 5.14. The molecule has 1 aromatic carbocycles. The van der Waals surface area contributed by atoms with Gasteiger partial charge in [0.05, 0.1) is 59.1 Å². The molecule has 1 fully saturated rings. The lowest BCUT2D eigenvalue weighted by molar-refractivity contribution is -0.144. The number of nitrogens with one attached hydrogen (secondary N) is 1.